The molecule has 2 heterocycles. The molecule has 1 aliphatic rings. The van der Waals surface area contributed by atoms with Gasteiger partial charge in [-0.3, -0.25) is 4.79 Å². The van der Waals surface area contributed by atoms with E-state index in [0.29, 0.717) is 12.1 Å². The van der Waals surface area contributed by atoms with E-state index in [4.69, 9.17) is 0 Å². The lowest BCUT2D eigenvalue weighted by molar-refractivity contribution is 0.102. The van der Waals surface area contributed by atoms with Gasteiger partial charge in [0.25, 0.3) is 5.91 Å². The summed E-state index contributed by atoms with van der Waals surface area (Å²) in [7, 11) is 0. The first kappa shape index (κ1) is 22.6. The van der Waals surface area contributed by atoms with E-state index in [0.717, 1.165) is 49.2 Å². The summed E-state index contributed by atoms with van der Waals surface area (Å²) < 4.78 is 0. The predicted molar refractivity (Wildman–Crippen MR) is 136 cm³/mol. The molecule has 4 rings (SSSR count). The lowest BCUT2D eigenvalue weighted by Crippen LogP contribution is -2.46. The molecule has 0 radical (unpaired) electrons. The second-order valence-corrected chi connectivity index (χ2v) is 9.76. The van der Waals surface area contributed by atoms with Gasteiger partial charge in [-0.15, -0.1) is 0 Å². The molecule has 168 valence electrons. The number of rotatable bonds is 7. The number of carbonyl (C=O) groups is 1. The molecule has 3 aromatic rings. The lowest BCUT2D eigenvalue weighted by atomic mass is 10.0. The Balaban J connectivity index is 1.27. The van der Waals surface area contributed by atoms with E-state index >= 15 is 0 Å². The van der Waals surface area contributed by atoms with Crippen LogP contribution in [0.1, 0.15) is 46.8 Å². The van der Waals surface area contributed by atoms with Crippen molar-refractivity contribution in [3.63, 3.8) is 0 Å². The zero-order valence-electron chi connectivity index (χ0n) is 19.2. The van der Waals surface area contributed by atoms with Crippen LogP contribution < -0.4 is 15.5 Å². The number of carbonyl (C=O) groups excluding carboxylic acids is 1. The quantitative estimate of drug-likeness (QED) is 0.481. The van der Waals surface area contributed by atoms with Crippen molar-refractivity contribution < 1.29 is 4.79 Å². The van der Waals surface area contributed by atoms with Crippen LogP contribution >= 0.6 is 11.3 Å². The largest absolute Gasteiger partial charge is 0.371 e. The molecule has 0 unspecified atom stereocenters. The van der Waals surface area contributed by atoms with Crippen molar-refractivity contribution in [2.24, 2.45) is 0 Å². The summed E-state index contributed by atoms with van der Waals surface area (Å²) >= 11 is 1.77. The maximum Gasteiger partial charge on any atom is 0.255 e. The monoisotopic (exact) mass is 447 g/mol. The smallest absolute Gasteiger partial charge is 0.255 e. The molecule has 2 aromatic carbocycles. The fourth-order valence-corrected chi connectivity index (χ4v) is 5.23. The van der Waals surface area contributed by atoms with Crippen molar-refractivity contribution in [1.82, 2.24) is 5.32 Å². The van der Waals surface area contributed by atoms with E-state index in [1.165, 1.54) is 16.8 Å². The second-order valence-electron chi connectivity index (χ2n) is 8.98. The second kappa shape index (κ2) is 10.3. The van der Waals surface area contributed by atoms with Gasteiger partial charge in [-0.25, -0.2) is 0 Å². The van der Waals surface area contributed by atoms with Crippen LogP contribution in [0.4, 0.5) is 11.4 Å². The Morgan fingerprint density at radius 1 is 1.09 bits per heavy atom. The van der Waals surface area contributed by atoms with Gasteiger partial charge < -0.3 is 15.5 Å². The Hall–Kier alpha value is -2.63. The van der Waals surface area contributed by atoms with Gasteiger partial charge >= 0.3 is 0 Å². The number of piperidine rings is 1. The molecule has 4 nitrogen and oxygen atoms in total. The van der Waals surface area contributed by atoms with Crippen LogP contribution in [0.5, 0.6) is 0 Å². The Bertz CT molecular complexity index is 1020. The van der Waals surface area contributed by atoms with Crippen LogP contribution in [0, 0.1) is 13.8 Å². The maximum absolute atomic E-state index is 12.6. The molecule has 2 N–H and O–H groups in total. The average molecular weight is 448 g/mol. The number of nitrogens with zero attached hydrogens (tertiary/aromatic N) is 1. The first-order valence-corrected chi connectivity index (χ1v) is 12.4. The van der Waals surface area contributed by atoms with Crippen molar-refractivity contribution in [2.75, 3.05) is 23.3 Å². The van der Waals surface area contributed by atoms with Gasteiger partial charge in [-0.05, 0) is 98.3 Å². The molecule has 0 aliphatic carbocycles. The first-order valence-electron chi connectivity index (χ1n) is 11.5. The van der Waals surface area contributed by atoms with Crippen LogP contribution in [0.3, 0.4) is 0 Å². The van der Waals surface area contributed by atoms with Crippen molar-refractivity contribution in [3.8, 4) is 0 Å². The van der Waals surface area contributed by atoms with Gasteiger partial charge in [0.2, 0.25) is 0 Å². The van der Waals surface area contributed by atoms with Crippen molar-refractivity contribution in [1.29, 1.82) is 0 Å². The summed E-state index contributed by atoms with van der Waals surface area (Å²) in [6.07, 6.45) is 3.40. The van der Waals surface area contributed by atoms with Crippen molar-refractivity contribution in [3.05, 3.63) is 81.5 Å². The highest BCUT2D eigenvalue weighted by Gasteiger charge is 2.21. The van der Waals surface area contributed by atoms with Crippen molar-refractivity contribution >= 4 is 28.6 Å². The zero-order chi connectivity index (χ0) is 22.5. The van der Waals surface area contributed by atoms with Crippen LogP contribution in [0.2, 0.25) is 0 Å². The highest BCUT2D eigenvalue weighted by molar-refractivity contribution is 7.07. The average Bonchev–Trinajstić information content (AvgIpc) is 3.27. The lowest BCUT2D eigenvalue weighted by Gasteiger charge is -2.35. The van der Waals surface area contributed by atoms with Crippen LogP contribution in [-0.4, -0.2) is 31.1 Å². The van der Waals surface area contributed by atoms with E-state index < -0.39 is 0 Å². The molecule has 0 bridgehead atoms. The maximum atomic E-state index is 12.6. The molecule has 1 aliphatic heterocycles. The molecule has 32 heavy (non-hydrogen) atoms. The third-order valence-electron chi connectivity index (χ3n) is 6.25. The number of nitrogens with one attached hydrogen (secondary N) is 2. The summed E-state index contributed by atoms with van der Waals surface area (Å²) in [6, 6.07) is 17.5. The van der Waals surface area contributed by atoms with E-state index in [1.807, 2.05) is 44.2 Å². The summed E-state index contributed by atoms with van der Waals surface area (Å²) in [5.74, 6) is -0.0567. The van der Waals surface area contributed by atoms with Crippen LogP contribution in [0.15, 0.2) is 59.3 Å². The molecule has 0 saturated carbocycles. The number of thiophene rings is 1. The molecule has 1 amide bonds. The minimum Gasteiger partial charge on any atom is -0.371 e. The number of aryl methyl sites for hydroxylation is 2. The normalized spacial score (nSPS) is 15.5. The van der Waals surface area contributed by atoms with E-state index in [1.54, 1.807) is 11.3 Å². The number of anilines is 2. The van der Waals surface area contributed by atoms with Gasteiger partial charge in [-0.1, -0.05) is 17.7 Å². The molecule has 0 spiro atoms. The van der Waals surface area contributed by atoms with Gasteiger partial charge in [0.05, 0.1) is 0 Å². The van der Waals surface area contributed by atoms with Gasteiger partial charge in [0.15, 0.2) is 0 Å². The first-order chi connectivity index (χ1) is 15.5. The Labute approximate surface area is 195 Å². The number of benzene rings is 2. The topological polar surface area (TPSA) is 44.4 Å². The number of hydrogen-bond donors (Lipinski definition) is 2. The van der Waals surface area contributed by atoms with Crippen LogP contribution in [0.25, 0.3) is 0 Å². The predicted octanol–water partition coefficient (Wildman–Crippen LogP) is 5.81. The van der Waals surface area contributed by atoms with Gasteiger partial charge in [-0.2, -0.15) is 11.3 Å². The SMILES string of the molecule is Cc1ccc(C(=O)Nc2ccc(N3CCC(N[C@H](C)Cc4ccsc4)CC3)cc2)c(C)c1. The number of amides is 1. The Morgan fingerprint density at radius 3 is 2.50 bits per heavy atom. The minimum atomic E-state index is -0.0567. The fourth-order valence-electron chi connectivity index (χ4n) is 4.55. The van der Waals surface area contributed by atoms with E-state index in [2.05, 4.69) is 51.4 Å². The molecular formula is C27H33N3OS. The Kier molecular flexibility index (Phi) is 7.28. The summed E-state index contributed by atoms with van der Waals surface area (Å²) in [4.78, 5) is 15.1. The molecular weight excluding hydrogens is 414 g/mol. The standard InChI is InChI=1S/C27H33N3OS/c1-19-4-9-26(20(2)16-19)27(31)29-23-5-7-25(8-6-23)30-13-10-24(11-14-30)28-21(3)17-22-12-15-32-18-22/h4-9,12,15-16,18,21,24,28H,10-11,13-14,17H2,1-3H3,(H,29,31)/t21-/m1/s1. The molecule has 1 aromatic heterocycles. The number of hydrogen-bond acceptors (Lipinski definition) is 4. The molecule has 5 heteroatoms. The summed E-state index contributed by atoms with van der Waals surface area (Å²) in [5, 5.41) is 11.2. The van der Waals surface area contributed by atoms with E-state index in [9.17, 15) is 4.79 Å². The highest BCUT2D eigenvalue weighted by Crippen LogP contribution is 2.23. The third kappa shape index (κ3) is 5.78. The van der Waals surface area contributed by atoms with Crippen LogP contribution in [-0.2, 0) is 6.42 Å². The summed E-state index contributed by atoms with van der Waals surface area (Å²) in [6.45, 7) is 8.41. The molecule has 1 fully saturated rings. The Morgan fingerprint density at radius 2 is 1.84 bits per heavy atom. The molecule has 1 saturated heterocycles. The third-order valence-corrected chi connectivity index (χ3v) is 6.99. The van der Waals surface area contributed by atoms with Gasteiger partial charge in [0, 0.05) is 42.1 Å². The van der Waals surface area contributed by atoms with Gasteiger partial charge in [0.1, 0.15) is 0 Å². The van der Waals surface area contributed by atoms with Crippen molar-refractivity contribution in [2.45, 2.75) is 52.1 Å². The molecule has 1 atom stereocenters. The fraction of sp³-hybridized carbons (Fsp3) is 0.370. The summed E-state index contributed by atoms with van der Waals surface area (Å²) in [5.41, 5.74) is 6.37. The van der Waals surface area contributed by atoms with E-state index in [-0.39, 0.29) is 5.91 Å². The minimum absolute atomic E-state index is 0.0567. The highest BCUT2D eigenvalue weighted by atomic mass is 32.1. The zero-order valence-corrected chi connectivity index (χ0v) is 20.0.